The molecule has 1 rings (SSSR count). The Kier molecular flexibility index (Phi) is 4.05. The summed E-state index contributed by atoms with van der Waals surface area (Å²) in [6, 6.07) is 2.40. The molecule has 3 heteroatoms. The molecule has 0 atom stereocenters. The second kappa shape index (κ2) is 5.09. The van der Waals surface area contributed by atoms with Crippen molar-refractivity contribution in [3.05, 3.63) is 12.7 Å². The third-order valence-corrected chi connectivity index (χ3v) is 3.18. The van der Waals surface area contributed by atoms with Gasteiger partial charge in [0.1, 0.15) is 11.3 Å². The van der Waals surface area contributed by atoms with Crippen molar-refractivity contribution in [1.29, 1.82) is 5.26 Å². The Balaban J connectivity index is 2.79. The molecule has 1 aliphatic carbocycles. The first-order chi connectivity index (χ1) is 7.18. The highest BCUT2D eigenvalue weighted by Gasteiger charge is 2.39. The van der Waals surface area contributed by atoms with Crippen LogP contribution in [0.5, 0.6) is 0 Å². The molecule has 0 spiro atoms. The van der Waals surface area contributed by atoms with Gasteiger partial charge < -0.3 is 0 Å². The first kappa shape index (κ1) is 11.9. The lowest BCUT2D eigenvalue weighted by molar-refractivity contribution is -0.122. The Labute approximate surface area is 91.4 Å². The average molecular weight is 206 g/mol. The van der Waals surface area contributed by atoms with Gasteiger partial charge in [-0.2, -0.15) is 5.26 Å². The molecule has 0 saturated heterocycles. The van der Waals surface area contributed by atoms with Crippen LogP contribution in [0, 0.1) is 11.3 Å². The highest BCUT2D eigenvalue weighted by atomic mass is 16.1. The Hall–Kier alpha value is -1.14. The van der Waals surface area contributed by atoms with Crippen LogP contribution >= 0.6 is 0 Å². The molecule has 0 heterocycles. The molecule has 1 fully saturated rings. The van der Waals surface area contributed by atoms with Gasteiger partial charge >= 0.3 is 0 Å². The molecule has 0 unspecified atom stereocenters. The SMILES string of the molecule is C=CCN(CC)C1(C#N)CCC(=O)CC1. The fourth-order valence-electron chi connectivity index (χ4n) is 2.20. The van der Waals surface area contributed by atoms with Gasteiger partial charge in [0.25, 0.3) is 0 Å². The lowest BCUT2D eigenvalue weighted by Gasteiger charge is -2.39. The van der Waals surface area contributed by atoms with Gasteiger partial charge in [-0.25, -0.2) is 0 Å². The largest absolute Gasteiger partial charge is 0.300 e. The van der Waals surface area contributed by atoms with Gasteiger partial charge in [-0.05, 0) is 19.4 Å². The molecule has 15 heavy (non-hydrogen) atoms. The Morgan fingerprint density at radius 3 is 2.60 bits per heavy atom. The second-order valence-corrected chi connectivity index (χ2v) is 4.01. The van der Waals surface area contributed by atoms with E-state index in [4.69, 9.17) is 0 Å². The normalized spacial score (nSPS) is 19.9. The third kappa shape index (κ3) is 2.45. The number of carbonyl (C=O) groups is 1. The van der Waals surface area contributed by atoms with Crippen molar-refractivity contribution in [2.75, 3.05) is 13.1 Å². The van der Waals surface area contributed by atoms with Gasteiger partial charge in [0.2, 0.25) is 0 Å². The van der Waals surface area contributed by atoms with E-state index in [1.807, 2.05) is 13.0 Å². The number of ketones is 1. The Morgan fingerprint density at radius 2 is 2.20 bits per heavy atom. The molecule has 1 aliphatic rings. The van der Waals surface area contributed by atoms with Crippen molar-refractivity contribution in [3.8, 4) is 6.07 Å². The zero-order valence-electron chi connectivity index (χ0n) is 9.33. The van der Waals surface area contributed by atoms with E-state index < -0.39 is 5.54 Å². The highest BCUT2D eigenvalue weighted by molar-refractivity contribution is 5.79. The Morgan fingerprint density at radius 1 is 1.60 bits per heavy atom. The summed E-state index contributed by atoms with van der Waals surface area (Å²) in [6.45, 7) is 7.29. The summed E-state index contributed by atoms with van der Waals surface area (Å²) < 4.78 is 0. The number of Topliss-reactive ketones (excluding diaryl/α,β-unsaturated/α-hetero) is 1. The zero-order valence-corrected chi connectivity index (χ0v) is 9.33. The van der Waals surface area contributed by atoms with Crippen LogP contribution in [0.2, 0.25) is 0 Å². The smallest absolute Gasteiger partial charge is 0.133 e. The van der Waals surface area contributed by atoms with E-state index in [1.165, 1.54) is 0 Å². The number of likely N-dealkylation sites (N-methyl/N-ethyl adjacent to an activating group) is 1. The summed E-state index contributed by atoms with van der Waals surface area (Å²) in [4.78, 5) is 13.3. The highest BCUT2D eigenvalue weighted by Crippen LogP contribution is 2.31. The number of rotatable bonds is 4. The summed E-state index contributed by atoms with van der Waals surface area (Å²) in [5, 5.41) is 9.32. The maximum Gasteiger partial charge on any atom is 0.133 e. The number of carbonyl (C=O) groups excluding carboxylic acids is 1. The maximum absolute atomic E-state index is 11.2. The van der Waals surface area contributed by atoms with Crippen molar-refractivity contribution >= 4 is 5.78 Å². The van der Waals surface area contributed by atoms with Crippen molar-refractivity contribution in [1.82, 2.24) is 4.90 Å². The molecular weight excluding hydrogens is 188 g/mol. The summed E-state index contributed by atoms with van der Waals surface area (Å²) >= 11 is 0. The summed E-state index contributed by atoms with van der Waals surface area (Å²) in [5.74, 6) is 0.288. The van der Waals surface area contributed by atoms with Crippen LogP contribution in [-0.4, -0.2) is 29.3 Å². The molecule has 0 aliphatic heterocycles. The standard InChI is InChI=1S/C12H18N2O/c1-3-9-14(4-2)12(10-13)7-5-11(15)6-8-12/h3H,1,4-9H2,2H3. The van der Waals surface area contributed by atoms with E-state index in [0.29, 0.717) is 25.7 Å². The number of hydrogen-bond donors (Lipinski definition) is 0. The predicted molar refractivity (Wildman–Crippen MR) is 59.3 cm³/mol. The fourth-order valence-corrected chi connectivity index (χ4v) is 2.20. The van der Waals surface area contributed by atoms with Gasteiger partial charge in [-0.3, -0.25) is 9.69 Å². The molecule has 0 radical (unpaired) electrons. The average Bonchev–Trinajstić information content (AvgIpc) is 2.28. The summed E-state index contributed by atoms with van der Waals surface area (Å²) in [7, 11) is 0. The van der Waals surface area contributed by atoms with Crippen molar-refractivity contribution < 1.29 is 4.79 Å². The van der Waals surface area contributed by atoms with E-state index in [-0.39, 0.29) is 5.78 Å². The molecule has 1 saturated carbocycles. The minimum absolute atomic E-state index is 0.288. The molecule has 0 aromatic heterocycles. The van der Waals surface area contributed by atoms with Gasteiger partial charge in [-0.1, -0.05) is 13.0 Å². The Bertz CT molecular complexity index is 280. The van der Waals surface area contributed by atoms with E-state index in [9.17, 15) is 10.1 Å². The maximum atomic E-state index is 11.2. The molecule has 82 valence electrons. The van der Waals surface area contributed by atoms with Crippen LogP contribution in [0.15, 0.2) is 12.7 Å². The third-order valence-electron chi connectivity index (χ3n) is 3.18. The van der Waals surface area contributed by atoms with Crippen LogP contribution in [0.25, 0.3) is 0 Å². The fraction of sp³-hybridized carbons (Fsp3) is 0.667. The van der Waals surface area contributed by atoms with Crippen molar-refractivity contribution in [3.63, 3.8) is 0 Å². The van der Waals surface area contributed by atoms with Crippen molar-refractivity contribution in [2.24, 2.45) is 0 Å². The first-order valence-electron chi connectivity index (χ1n) is 5.47. The van der Waals surface area contributed by atoms with Gasteiger partial charge in [0.05, 0.1) is 6.07 Å². The van der Waals surface area contributed by atoms with Gasteiger partial charge in [0, 0.05) is 19.4 Å². The van der Waals surface area contributed by atoms with Crippen molar-refractivity contribution in [2.45, 2.75) is 38.1 Å². The second-order valence-electron chi connectivity index (χ2n) is 4.01. The molecule has 0 amide bonds. The van der Waals surface area contributed by atoms with Crippen LogP contribution in [0.3, 0.4) is 0 Å². The number of nitriles is 1. The summed E-state index contributed by atoms with van der Waals surface area (Å²) in [5.41, 5.74) is -0.434. The minimum Gasteiger partial charge on any atom is -0.300 e. The molecule has 0 aromatic carbocycles. The van der Waals surface area contributed by atoms with Crippen LogP contribution < -0.4 is 0 Å². The summed E-state index contributed by atoms with van der Waals surface area (Å²) in [6.07, 6.45) is 4.25. The predicted octanol–water partition coefficient (Wildman–Crippen LogP) is 1.90. The van der Waals surface area contributed by atoms with Crippen LogP contribution in [0.4, 0.5) is 0 Å². The number of hydrogen-bond acceptors (Lipinski definition) is 3. The van der Waals surface area contributed by atoms with E-state index in [2.05, 4.69) is 17.5 Å². The minimum atomic E-state index is -0.434. The van der Waals surface area contributed by atoms with Crippen LogP contribution in [0.1, 0.15) is 32.6 Å². The van der Waals surface area contributed by atoms with E-state index >= 15 is 0 Å². The quantitative estimate of drug-likeness (QED) is 0.660. The molecule has 3 nitrogen and oxygen atoms in total. The lowest BCUT2D eigenvalue weighted by Crippen LogP contribution is -2.50. The monoisotopic (exact) mass is 206 g/mol. The van der Waals surface area contributed by atoms with Crippen LogP contribution in [-0.2, 0) is 4.79 Å². The van der Waals surface area contributed by atoms with E-state index in [1.54, 1.807) is 0 Å². The topological polar surface area (TPSA) is 44.1 Å². The van der Waals surface area contributed by atoms with Gasteiger partial charge in [0.15, 0.2) is 0 Å². The molecule has 0 bridgehead atoms. The number of nitrogens with zero attached hydrogens (tertiary/aromatic N) is 2. The van der Waals surface area contributed by atoms with E-state index in [0.717, 1.165) is 13.1 Å². The lowest BCUT2D eigenvalue weighted by atomic mass is 9.80. The molecular formula is C12H18N2O. The van der Waals surface area contributed by atoms with Gasteiger partial charge in [-0.15, -0.1) is 6.58 Å². The first-order valence-corrected chi connectivity index (χ1v) is 5.47. The molecule has 0 N–H and O–H groups in total. The zero-order chi connectivity index (χ0) is 11.3. The molecule has 0 aromatic rings.